The monoisotopic (exact) mass is 401 g/mol. The predicted molar refractivity (Wildman–Crippen MR) is 113 cm³/mol. The number of ether oxygens (including phenoxy) is 1. The smallest absolute Gasteiger partial charge is 0.273 e. The maximum absolute atomic E-state index is 13.2. The molecule has 0 aliphatic carbocycles. The Balaban J connectivity index is 1.74. The highest BCUT2D eigenvalue weighted by atomic mass is 16.6. The Morgan fingerprint density at radius 1 is 1.03 bits per heavy atom. The van der Waals surface area contributed by atoms with Crippen molar-refractivity contribution in [1.29, 1.82) is 0 Å². The highest BCUT2D eigenvalue weighted by Crippen LogP contribution is 2.34. The third kappa shape index (κ3) is 3.73. The highest BCUT2D eigenvalue weighted by molar-refractivity contribution is 5.95. The van der Waals surface area contributed by atoms with E-state index in [1.807, 2.05) is 36.4 Å². The largest absolute Gasteiger partial charge is 0.497 e. The topological polar surface area (TPSA) is 84.7 Å². The van der Waals surface area contributed by atoms with Gasteiger partial charge in [-0.05, 0) is 53.6 Å². The number of nitrogens with zero attached hydrogens (tertiary/aromatic N) is 2. The zero-order chi connectivity index (χ0) is 21.1. The van der Waals surface area contributed by atoms with E-state index in [-0.39, 0.29) is 11.6 Å². The van der Waals surface area contributed by atoms with E-state index >= 15 is 0 Å². The fourth-order valence-electron chi connectivity index (χ4n) is 3.36. The van der Waals surface area contributed by atoms with Crippen LogP contribution in [0.4, 0.5) is 5.69 Å². The minimum absolute atomic E-state index is 0.0223. The van der Waals surface area contributed by atoms with Crippen molar-refractivity contribution in [3.05, 3.63) is 112 Å². The predicted octanol–water partition coefficient (Wildman–Crippen LogP) is 4.35. The summed E-state index contributed by atoms with van der Waals surface area (Å²) < 4.78 is 5.21. The average molecular weight is 401 g/mol. The molecule has 1 atom stereocenters. The zero-order valence-electron chi connectivity index (χ0n) is 16.2. The number of amides is 1. The van der Waals surface area contributed by atoms with Gasteiger partial charge in [0, 0.05) is 17.7 Å². The number of nitro benzene ring substituents is 1. The van der Waals surface area contributed by atoms with Crippen LogP contribution in [0, 0.1) is 10.1 Å². The molecule has 4 rings (SSSR count). The van der Waals surface area contributed by atoms with Crippen molar-refractivity contribution < 1.29 is 14.5 Å². The first-order valence-corrected chi connectivity index (χ1v) is 9.32. The Morgan fingerprint density at radius 2 is 1.77 bits per heavy atom. The molecular formula is C23H19N3O4. The minimum Gasteiger partial charge on any atom is -0.497 e. The number of nitrogens with one attached hydrogen (secondary N) is 1. The molecule has 0 bridgehead atoms. The molecule has 1 amide bonds. The van der Waals surface area contributed by atoms with Crippen LogP contribution in [0.3, 0.4) is 0 Å². The Bertz CT molecular complexity index is 1110. The van der Waals surface area contributed by atoms with Gasteiger partial charge in [0.2, 0.25) is 0 Å². The van der Waals surface area contributed by atoms with Gasteiger partial charge in [0.25, 0.3) is 11.6 Å². The number of non-ortho nitro benzene ring substituents is 1. The fourth-order valence-corrected chi connectivity index (χ4v) is 3.36. The second kappa shape index (κ2) is 8.08. The van der Waals surface area contributed by atoms with Crippen LogP contribution >= 0.6 is 0 Å². The highest BCUT2D eigenvalue weighted by Gasteiger charge is 2.32. The maximum Gasteiger partial charge on any atom is 0.273 e. The first-order chi connectivity index (χ1) is 14.6. The van der Waals surface area contributed by atoms with Crippen molar-refractivity contribution in [2.45, 2.75) is 6.04 Å². The summed E-state index contributed by atoms with van der Waals surface area (Å²) in [6.07, 6.45) is 1.89. The molecule has 7 nitrogen and oxygen atoms in total. The molecule has 3 aromatic carbocycles. The summed E-state index contributed by atoms with van der Waals surface area (Å²) in [4.78, 5) is 24.0. The number of nitro groups is 1. The van der Waals surface area contributed by atoms with Crippen molar-refractivity contribution in [3.63, 3.8) is 0 Å². The molecule has 0 saturated carbocycles. The van der Waals surface area contributed by atoms with E-state index in [1.165, 1.54) is 17.1 Å². The van der Waals surface area contributed by atoms with Crippen molar-refractivity contribution in [3.8, 4) is 5.75 Å². The van der Waals surface area contributed by atoms with Crippen molar-refractivity contribution in [1.82, 2.24) is 10.4 Å². The summed E-state index contributed by atoms with van der Waals surface area (Å²) in [7, 11) is 1.60. The number of hydrogen-bond acceptors (Lipinski definition) is 5. The fraction of sp³-hybridized carbons (Fsp3) is 0.0870. The molecule has 0 saturated heterocycles. The molecular weight excluding hydrogens is 382 g/mol. The number of hydrazine groups is 1. The number of hydrogen-bond donors (Lipinski definition) is 1. The minimum atomic E-state index is -0.505. The summed E-state index contributed by atoms with van der Waals surface area (Å²) in [5.41, 5.74) is 5.92. The van der Waals surface area contributed by atoms with Gasteiger partial charge in [-0.3, -0.25) is 20.3 Å². The van der Waals surface area contributed by atoms with Crippen LogP contribution in [0.15, 0.2) is 84.9 Å². The SMILES string of the molecule is COc1ccc(C2=C[C@H](c3cccc([N+](=O)[O-])c3)N(C(=O)c3ccccc3)N2)cc1. The van der Waals surface area contributed by atoms with Crippen LogP contribution in [0.1, 0.15) is 27.5 Å². The number of carbonyl (C=O) groups excluding carboxylic acids is 1. The molecule has 0 aromatic heterocycles. The Hall–Kier alpha value is -4.13. The van der Waals surface area contributed by atoms with Crippen LogP contribution in [0.5, 0.6) is 5.75 Å². The van der Waals surface area contributed by atoms with Gasteiger partial charge in [-0.25, -0.2) is 5.01 Å². The molecule has 1 aliphatic heterocycles. The van der Waals surface area contributed by atoms with Gasteiger partial charge in [-0.2, -0.15) is 0 Å². The number of rotatable bonds is 5. The molecule has 0 unspecified atom stereocenters. The Morgan fingerprint density at radius 3 is 2.43 bits per heavy atom. The third-order valence-corrected chi connectivity index (χ3v) is 4.91. The lowest BCUT2D eigenvalue weighted by Gasteiger charge is -2.25. The molecule has 30 heavy (non-hydrogen) atoms. The maximum atomic E-state index is 13.2. The Kier molecular flexibility index (Phi) is 5.17. The van der Waals surface area contributed by atoms with Crippen LogP contribution < -0.4 is 10.2 Å². The van der Waals surface area contributed by atoms with Crippen molar-refractivity contribution in [2.75, 3.05) is 7.11 Å². The standard InChI is InChI=1S/C23H19N3O4/c1-30-20-12-10-16(11-13-20)21-15-22(18-8-5-9-19(14-18)26(28)29)25(24-21)23(27)17-6-3-2-4-7-17/h2-15,22,24H,1H3/t22-/m1/s1. The van der Waals surface area contributed by atoms with Crippen molar-refractivity contribution in [2.24, 2.45) is 0 Å². The summed E-state index contributed by atoms with van der Waals surface area (Å²) in [5.74, 6) is 0.497. The quantitative estimate of drug-likeness (QED) is 0.508. The molecule has 0 fully saturated rings. The van der Waals surface area contributed by atoms with Gasteiger partial charge in [0.15, 0.2) is 0 Å². The van der Waals surface area contributed by atoms with E-state index in [1.54, 1.807) is 43.5 Å². The van der Waals surface area contributed by atoms with Gasteiger partial charge in [-0.15, -0.1) is 0 Å². The van der Waals surface area contributed by atoms with Gasteiger partial charge < -0.3 is 4.74 Å². The van der Waals surface area contributed by atoms with Crippen LogP contribution in [-0.2, 0) is 0 Å². The van der Waals surface area contributed by atoms with E-state index in [0.717, 1.165) is 17.0 Å². The Labute approximate surface area is 173 Å². The van der Waals surface area contributed by atoms with E-state index in [2.05, 4.69) is 5.43 Å². The second-order valence-electron chi connectivity index (χ2n) is 6.76. The van der Waals surface area contributed by atoms with Crippen LogP contribution in [-0.4, -0.2) is 22.9 Å². The molecule has 7 heteroatoms. The molecule has 1 N–H and O–H groups in total. The van der Waals surface area contributed by atoms with Crippen LogP contribution in [0.2, 0.25) is 0 Å². The van der Waals surface area contributed by atoms with Crippen molar-refractivity contribution >= 4 is 17.3 Å². The lowest BCUT2D eigenvalue weighted by molar-refractivity contribution is -0.384. The summed E-state index contributed by atoms with van der Waals surface area (Å²) >= 11 is 0. The number of benzene rings is 3. The van der Waals surface area contributed by atoms with E-state index in [4.69, 9.17) is 4.74 Å². The molecule has 1 heterocycles. The lowest BCUT2D eigenvalue weighted by atomic mass is 10.0. The normalized spacial score (nSPS) is 15.3. The first-order valence-electron chi connectivity index (χ1n) is 9.32. The molecule has 150 valence electrons. The van der Waals surface area contributed by atoms with Gasteiger partial charge in [0.1, 0.15) is 5.75 Å². The van der Waals surface area contributed by atoms with E-state index in [9.17, 15) is 14.9 Å². The van der Waals surface area contributed by atoms with E-state index in [0.29, 0.717) is 11.1 Å². The molecule has 3 aromatic rings. The molecule has 0 spiro atoms. The summed E-state index contributed by atoms with van der Waals surface area (Å²) in [6, 6.07) is 22.2. The third-order valence-electron chi connectivity index (χ3n) is 4.91. The van der Waals surface area contributed by atoms with Crippen LogP contribution in [0.25, 0.3) is 5.70 Å². The molecule has 1 aliphatic rings. The second-order valence-corrected chi connectivity index (χ2v) is 6.76. The molecule has 0 radical (unpaired) electrons. The summed E-state index contributed by atoms with van der Waals surface area (Å²) in [5, 5.41) is 12.7. The first kappa shape index (κ1) is 19.2. The lowest BCUT2D eigenvalue weighted by Crippen LogP contribution is -2.39. The number of carbonyl (C=O) groups is 1. The van der Waals surface area contributed by atoms with E-state index < -0.39 is 11.0 Å². The van der Waals surface area contributed by atoms with Gasteiger partial charge in [-0.1, -0.05) is 30.3 Å². The van der Waals surface area contributed by atoms with Gasteiger partial charge >= 0.3 is 0 Å². The summed E-state index contributed by atoms with van der Waals surface area (Å²) in [6.45, 7) is 0. The zero-order valence-corrected chi connectivity index (χ0v) is 16.2. The number of methoxy groups -OCH3 is 1. The van der Waals surface area contributed by atoms with Gasteiger partial charge in [0.05, 0.1) is 23.8 Å². The average Bonchev–Trinajstić information content (AvgIpc) is 3.25.